The quantitative estimate of drug-likeness (QED) is 0.651. The monoisotopic (exact) mass is 231 g/mol. The molecule has 0 spiro atoms. The third kappa shape index (κ3) is 2.73. The van der Waals surface area contributed by atoms with Crippen LogP contribution in [0.5, 0.6) is 0 Å². The molecule has 1 aromatic carbocycles. The maximum Gasteiger partial charge on any atom is 0.0689 e. The Hall–Kier alpha value is -1.55. The third-order valence-electron chi connectivity index (χ3n) is 2.24. The van der Waals surface area contributed by atoms with Crippen molar-refractivity contribution in [3.05, 3.63) is 48.0 Å². The first-order valence-corrected chi connectivity index (χ1v) is 5.98. The van der Waals surface area contributed by atoms with Gasteiger partial charge in [-0.3, -0.25) is 9.97 Å². The lowest BCUT2D eigenvalue weighted by molar-refractivity contribution is 1.10. The lowest BCUT2D eigenvalue weighted by Gasteiger charge is -2.04. The highest BCUT2D eigenvalue weighted by Crippen LogP contribution is 2.24. The molecule has 82 valence electrons. The highest BCUT2D eigenvalue weighted by molar-refractivity contribution is 7.98. The van der Waals surface area contributed by atoms with Gasteiger partial charge in [0.05, 0.1) is 5.69 Å². The number of hydrogen-bond donors (Lipinski definition) is 1. The predicted molar refractivity (Wildman–Crippen MR) is 67.2 cm³/mol. The van der Waals surface area contributed by atoms with E-state index in [2.05, 4.69) is 16.0 Å². The maximum absolute atomic E-state index is 5.76. The van der Waals surface area contributed by atoms with Crippen molar-refractivity contribution in [3.63, 3.8) is 0 Å². The highest BCUT2D eigenvalue weighted by atomic mass is 32.2. The Morgan fingerprint density at radius 3 is 2.88 bits per heavy atom. The van der Waals surface area contributed by atoms with Crippen LogP contribution >= 0.6 is 11.8 Å². The fourth-order valence-electron chi connectivity index (χ4n) is 1.30. The van der Waals surface area contributed by atoms with Crippen LogP contribution in [0, 0.1) is 6.92 Å². The molecule has 0 amide bonds. The van der Waals surface area contributed by atoms with Crippen molar-refractivity contribution in [2.24, 2.45) is 0 Å². The van der Waals surface area contributed by atoms with Crippen LogP contribution in [-0.2, 0) is 5.75 Å². The van der Waals surface area contributed by atoms with E-state index in [1.807, 2.05) is 19.1 Å². The Morgan fingerprint density at radius 1 is 1.31 bits per heavy atom. The van der Waals surface area contributed by atoms with Crippen molar-refractivity contribution in [2.75, 3.05) is 5.73 Å². The third-order valence-corrected chi connectivity index (χ3v) is 3.27. The minimum Gasteiger partial charge on any atom is -0.399 e. The topological polar surface area (TPSA) is 51.8 Å². The Morgan fingerprint density at radius 2 is 2.19 bits per heavy atom. The molecular formula is C12H13N3S. The molecule has 0 atom stereocenters. The normalized spacial score (nSPS) is 10.3. The van der Waals surface area contributed by atoms with Crippen molar-refractivity contribution < 1.29 is 0 Å². The van der Waals surface area contributed by atoms with Crippen molar-refractivity contribution in [1.82, 2.24) is 9.97 Å². The molecule has 3 nitrogen and oxygen atoms in total. The first-order chi connectivity index (χ1) is 7.75. The smallest absolute Gasteiger partial charge is 0.0689 e. The molecule has 4 heteroatoms. The van der Waals surface area contributed by atoms with Gasteiger partial charge in [-0.25, -0.2) is 0 Å². The summed E-state index contributed by atoms with van der Waals surface area (Å²) in [6.45, 7) is 2.02. The molecule has 0 saturated heterocycles. The van der Waals surface area contributed by atoms with Crippen LogP contribution in [0.25, 0.3) is 0 Å². The molecule has 1 heterocycles. The molecule has 0 radical (unpaired) electrons. The van der Waals surface area contributed by atoms with Gasteiger partial charge in [-0.05, 0) is 30.7 Å². The number of thioether (sulfide) groups is 1. The summed E-state index contributed by atoms with van der Waals surface area (Å²) >= 11 is 1.74. The van der Waals surface area contributed by atoms with Gasteiger partial charge in [-0.1, -0.05) is 0 Å². The van der Waals surface area contributed by atoms with E-state index >= 15 is 0 Å². The van der Waals surface area contributed by atoms with Gasteiger partial charge in [0, 0.05) is 34.9 Å². The summed E-state index contributed by atoms with van der Waals surface area (Å²) in [7, 11) is 0. The number of anilines is 1. The largest absolute Gasteiger partial charge is 0.399 e. The summed E-state index contributed by atoms with van der Waals surface area (Å²) in [6, 6.07) is 6.06. The number of nitrogen functional groups attached to an aromatic ring is 1. The predicted octanol–water partition coefficient (Wildman–Crippen LogP) is 2.66. The summed E-state index contributed by atoms with van der Waals surface area (Å²) < 4.78 is 0. The van der Waals surface area contributed by atoms with E-state index in [0.717, 1.165) is 22.7 Å². The van der Waals surface area contributed by atoms with E-state index in [1.54, 1.807) is 30.4 Å². The Kier molecular flexibility index (Phi) is 3.41. The number of benzene rings is 1. The second-order valence-electron chi connectivity index (χ2n) is 3.50. The van der Waals surface area contributed by atoms with Crippen LogP contribution in [-0.4, -0.2) is 9.97 Å². The van der Waals surface area contributed by atoms with Crippen LogP contribution < -0.4 is 5.73 Å². The van der Waals surface area contributed by atoms with E-state index in [1.165, 1.54) is 4.90 Å². The molecule has 16 heavy (non-hydrogen) atoms. The molecule has 2 aromatic rings. The van der Waals surface area contributed by atoms with Gasteiger partial charge in [-0.15, -0.1) is 11.8 Å². The van der Waals surface area contributed by atoms with Gasteiger partial charge in [0.25, 0.3) is 0 Å². The van der Waals surface area contributed by atoms with E-state index in [9.17, 15) is 0 Å². The number of nitrogens with two attached hydrogens (primary N) is 1. The van der Waals surface area contributed by atoms with Crippen LogP contribution in [0.15, 0.2) is 41.7 Å². The van der Waals surface area contributed by atoms with Crippen molar-refractivity contribution >= 4 is 17.4 Å². The number of aryl methyl sites for hydroxylation is 1. The Balaban J connectivity index is 2.03. The number of rotatable bonds is 3. The first kappa shape index (κ1) is 11.0. The summed E-state index contributed by atoms with van der Waals surface area (Å²) in [5.74, 6) is 0.831. The summed E-state index contributed by atoms with van der Waals surface area (Å²) in [5, 5.41) is 0. The number of nitrogens with zero attached hydrogens (tertiary/aromatic N) is 2. The second kappa shape index (κ2) is 4.99. The zero-order chi connectivity index (χ0) is 11.4. The van der Waals surface area contributed by atoms with Crippen molar-refractivity contribution in [2.45, 2.75) is 17.6 Å². The number of hydrogen-bond acceptors (Lipinski definition) is 4. The van der Waals surface area contributed by atoms with Crippen LogP contribution in [0.2, 0.25) is 0 Å². The van der Waals surface area contributed by atoms with E-state index in [-0.39, 0.29) is 0 Å². The molecule has 0 saturated carbocycles. The molecule has 0 fully saturated rings. The second-order valence-corrected chi connectivity index (χ2v) is 4.55. The molecule has 0 bridgehead atoms. The standard InChI is InChI=1S/C12H13N3S/c1-9-6-11(2-3-12(9)13)16-8-10-7-14-4-5-15-10/h2-7H,8,13H2,1H3. The maximum atomic E-state index is 5.76. The first-order valence-electron chi connectivity index (χ1n) is 4.99. The summed E-state index contributed by atoms with van der Waals surface area (Å²) in [5.41, 5.74) is 8.70. The molecule has 2 N–H and O–H groups in total. The van der Waals surface area contributed by atoms with Gasteiger partial charge in [-0.2, -0.15) is 0 Å². The van der Waals surface area contributed by atoms with Gasteiger partial charge in [0.15, 0.2) is 0 Å². The molecule has 0 unspecified atom stereocenters. The molecule has 2 rings (SSSR count). The fraction of sp³-hybridized carbons (Fsp3) is 0.167. The highest BCUT2D eigenvalue weighted by Gasteiger charge is 1.99. The summed E-state index contributed by atoms with van der Waals surface area (Å²) in [4.78, 5) is 9.46. The number of aromatic nitrogens is 2. The molecule has 0 aliphatic carbocycles. The average molecular weight is 231 g/mol. The van der Waals surface area contributed by atoms with Gasteiger partial charge in [0.2, 0.25) is 0 Å². The van der Waals surface area contributed by atoms with Crippen LogP contribution in [0.1, 0.15) is 11.3 Å². The molecule has 1 aromatic heterocycles. The van der Waals surface area contributed by atoms with E-state index in [0.29, 0.717) is 0 Å². The molecule has 0 aliphatic heterocycles. The van der Waals surface area contributed by atoms with Crippen molar-refractivity contribution in [1.29, 1.82) is 0 Å². The van der Waals surface area contributed by atoms with Gasteiger partial charge >= 0.3 is 0 Å². The zero-order valence-corrected chi connectivity index (χ0v) is 9.87. The zero-order valence-electron chi connectivity index (χ0n) is 9.05. The Bertz CT molecular complexity index is 471. The van der Waals surface area contributed by atoms with Crippen LogP contribution in [0.3, 0.4) is 0 Å². The Labute approximate surface area is 99.1 Å². The van der Waals surface area contributed by atoms with E-state index < -0.39 is 0 Å². The average Bonchev–Trinajstić information content (AvgIpc) is 2.32. The summed E-state index contributed by atoms with van der Waals surface area (Å²) in [6.07, 6.45) is 5.18. The van der Waals surface area contributed by atoms with Gasteiger partial charge < -0.3 is 5.73 Å². The van der Waals surface area contributed by atoms with Crippen LogP contribution in [0.4, 0.5) is 5.69 Å². The fourth-order valence-corrected chi connectivity index (χ4v) is 2.19. The molecule has 0 aliphatic rings. The van der Waals surface area contributed by atoms with E-state index in [4.69, 9.17) is 5.73 Å². The molecular weight excluding hydrogens is 218 g/mol. The minimum absolute atomic E-state index is 0.831. The lowest BCUT2D eigenvalue weighted by Crippen LogP contribution is -1.90. The van der Waals surface area contributed by atoms with Crippen molar-refractivity contribution in [3.8, 4) is 0 Å². The lowest BCUT2D eigenvalue weighted by atomic mass is 10.2. The van der Waals surface area contributed by atoms with Gasteiger partial charge in [0.1, 0.15) is 0 Å². The SMILES string of the molecule is Cc1cc(SCc2cnccn2)ccc1N. The minimum atomic E-state index is 0.831.